The van der Waals surface area contributed by atoms with Gasteiger partial charge in [0.1, 0.15) is 0 Å². The highest BCUT2D eigenvalue weighted by Gasteiger charge is 2.34. The second-order valence-electron chi connectivity index (χ2n) is 4.20. The monoisotopic (exact) mass is 331 g/mol. The summed E-state index contributed by atoms with van der Waals surface area (Å²) in [5.74, 6) is -0.0677. The molecule has 0 spiro atoms. The Kier molecular flexibility index (Phi) is 4.89. The van der Waals surface area contributed by atoms with Crippen LogP contribution in [0.1, 0.15) is 11.1 Å². The third-order valence-corrected chi connectivity index (χ3v) is 3.48. The zero-order valence-corrected chi connectivity index (χ0v) is 11.6. The first-order valence-corrected chi connectivity index (χ1v) is 6.87. The van der Waals surface area contributed by atoms with E-state index in [0.29, 0.717) is 6.07 Å². The van der Waals surface area contributed by atoms with Gasteiger partial charge in [0.05, 0.1) is 17.5 Å². The van der Waals surface area contributed by atoms with Crippen LogP contribution in [0.25, 0.3) is 0 Å². The van der Waals surface area contributed by atoms with Crippen LogP contribution in [-0.4, -0.2) is 40.2 Å². The normalized spacial score (nSPS) is 17.3. The minimum atomic E-state index is -4.68. The number of carbonyl (C=O) groups excluding carboxylic acids is 1. The van der Waals surface area contributed by atoms with Crippen molar-refractivity contribution in [3.8, 4) is 0 Å². The lowest BCUT2D eigenvalue weighted by Gasteiger charge is -2.11. The predicted octanol–water partition coefficient (Wildman–Crippen LogP) is -0.0619. The zero-order chi connectivity index (χ0) is 16.3. The molecule has 1 aromatic carbocycles. The first-order valence-electron chi connectivity index (χ1n) is 5.88. The molecule has 116 valence electrons. The maximum atomic E-state index is 12.9. The molecule has 1 amide bonds. The Balaban J connectivity index is 2.28. The van der Waals surface area contributed by atoms with Crippen molar-refractivity contribution in [2.45, 2.75) is 6.18 Å². The van der Waals surface area contributed by atoms with Crippen molar-refractivity contribution in [3.63, 3.8) is 0 Å². The van der Waals surface area contributed by atoms with Crippen LogP contribution < -0.4 is 10.8 Å². The molecule has 22 heavy (non-hydrogen) atoms. The molecule has 1 aliphatic heterocycles. The minimum absolute atomic E-state index is 0.186. The van der Waals surface area contributed by atoms with Crippen LogP contribution in [0.4, 0.5) is 13.2 Å². The molecule has 1 saturated heterocycles. The molecule has 0 bridgehead atoms. The molecule has 0 atom stereocenters. The number of amidine groups is 1. The first kappa shape index (κ1) is 16.5. The summed E-state index contributed by atoms with van der Waals surface area (Å²) in [6.07, 6.45) is -3.80. The lowest BCUT2D eigenvalue weighted by atomic mass is 9.79. The van der Waals surface area contributed by atoms with Crippen molar-refractivity contribution in [1.82, 2.24) is 5.32 Å². The molecule has 11 heteroatoms. The van der Waals surface area contributed by atoms with Gasteiger partial charge >= 0.3 is 13.3 Å². The molecule has 0 unspecified atom stereocenters. The van der Waals surface area contributed by atoms with E-state index in [-0.39, 0.29) is 27.9 Å². The largest absolute Gasteiger partial charge is 0.488 e. The number of benzene rings is 1. The summed E-state index contributed by atoms with van der Waals surface area (Å²) in [5.41, 5.74) is -1.63. The van der Waals surface area contributed by atoms with Gasteiger partial charge in [-0.25, -0.2) is 0 Å². The van der Waals surface area contributed by atoms with Crippen molar-refractivity contribution < 1.29 is 28.0 Å². The highest BCUT2D eigenvalue weighted by Crippen LogP contribution is 2.30. The number of nitrogens with one attached hydrogen (secondary N) is 1. The zero-order valence-electron chi connectivity index (χ0n) is 10.8. The molecule has 1 heterocycles. The van der Waals surface area contributed by atoms with Crippen LogP contribution in [0, 0.1) is 0 Å². The van der Waals surface area contributed by atoms with E-state index in [0.717, 1.165) is 30.1 Å². The van der Waals surface area contributed by atoms with Crippen molar-refractivity contribution in [2.75, 3.05) is 5.75 Å². The van der Waals surface area contributed by atoms with Crippen LogP contribution in [-0.2, 0) is 11.0 Å². The van der Waals surface area contributed by atoms with Gasteiger partial charge in [0, 0.05) is 5.56 Å². The number of hydrogen-bond donors (Lipinski definition) is 3. The van der Waals surface area contributed by atoms with Gasteiger partial charge in [-0.3, -0.25) is 4.79 Å². The molecule has 0 saturated carbocycles. The fourth-order valence-corrected chi connectivity index (χ4v) is 2.25. The predicted molar refractivity (Wildman–Crippen MR) is 76.9 cm³/mol. The SMILES string of the molecule is O=C1CSC(=NN=Cc2ccc(B(O)O)cc2C(F)(F)F)N1. The minimum Gasteiger partial charge on any atom is -0.423 e. The van der Waals surface area contributed by atoms with E-state index < -0.39 is 18.9 Å². The van der Waals surface area contributed by atoms with Gasteiger partial charge in [-0.2, -0.15) is 18.3 Å². The average molecular weight is 331 g/mol. The second kappa shape index (κ2) is 6.50. The molecule has 0 radical (unpaired) electrons. The quantitative estimate of drug-likeness (QED) is 0.411. The van der Waals surface area contributed by atoms with Gasteiger partial charge in [0.2, 0.25) is 5.91 Å². The maximum absolute atomic E-state index is 12.9. The maximum Gasteiger partial charge on any atom is 0.488 e. The summed E-state index contributed by atoms with van der Waals surface area (Å²) < 4.78 is 38.8. The lowest BCUT2D eigenvalue weighted by Crippen LogP contribution is -2.31. The number of nitrogens with zero attached hydrogens (tertiary/aromatic N) is 2. The molecular formula is C11H9BF3N3O3S. The van der Waals surface area contributed by atoms with E-state index in [2.05, 4.69) is 15.5 Å². The van der Waals surface area contributed by atoms with Crippen LogP contribution in [0.5, 0.6) is 0 Å². The Morgan fingerprint density at radius 1 is 1.36 bits per heavy atom. The molecule has 1 aromatic rings. The Morgan fingerprint density at radius 2 is 2.09 bits per heavy atom. The van der Waals surface area contributed by atoms with E-state index in [1.165, 1.54) is 0 Å². The number of hydrogen-bond acceptors (Lipinski definition) is 6. The number of thioether (sulfide) groups is 1. The standard InChI is InChI=1S/C11H9BF3N3O3S/c13-11(14,15)8-3-7(12(20)21)2-1-6(8)4-16-18-10-17-9(19)5-22-10/h1-4,20-21H,5H2,(H,17,18,19). The van der Waals surface area contributed by atoms with Gasteiger partial charge in [0.15, 0.2) is 5.17 Å². The molecule has 0 aliphatic carbocycles. The Morgan fingerprint density at radius 3 is 2.64 bits per heavy atom. The molecule has 3 N–H and O–H groups in total. The van der Waals surface area contributed by atoms with E-state index in [9.17, 15) is 18.0 Å². The van der Waals surface area contributed by atoms with Gasteiger partial charge in [0.25, 0.3) is 0 Å². The van der Waals surface area contributed by atoms with Crippen LogP contribution >= 0.6 is 11.8 Å². The number of alkyl halides is 3. The average Bonchev–Trinajstić information content (AvgIpc) is 2.83. The molecular weight excluding hydrogens is 322 g/mol. The van der Waals surface area contributed by atoms with Gasteiger partial charge < -0.3 is 15.4 Å². The van der Waals surface area contributed by atoms with Crippen LogP contribution in [0.2, 0.25) is 0 Å². The number of carbonyl (C=O) groups is 1. The topological polar surface area (TPSA) is 94.3 Å². The van der Waals surface area contributed by atoms with Gasteiger partial charge in [-0.1, -0.05) is 23.9 Å². The van der Waals surface area contributed by atoms with Crippen molar-refractivity contribution in [1.29, 1.82) is 0 Å². The third-order valence-electron chi connectivity index (χ3n) is 2.61. The summed E-state index contributed by atoms with van der Waals surface area (Å²) >= 11 is 1.09. The summed E-state index contributed by atoms with van der Waals surface area (Å²) in [6.45, 7) is 0. The summed E-state index contributed by atoms with van der Waals surface area (Å²) in [4.78, 5) is 10.9. The number of amides is 1. The van der Waals surface area contributed by atoms with E-state index in [1.54, 1.807) is 0 Å². The second-order valence-corrected chi connectivity index (χ2v) is 5.17. The van der Waals surface area contributed by atoms with Crippen molar-refractivity contribution >= 4 is 41.6 Å². The Labute approximate surface area is 127 Å². The number of halogens is 3. The smallest absolute Gasteiger partial charge is 0.423 e. The van der Waals surface area contributed by atoms with Crippen molar-refractivity contribution in [3.05, 3.63) is 29.3 Å². The summed E-state index contributed by atoms with van der Waals surface area (Å²) in [6, 6.07) is 2.83. The van der Waals surface area contributed by atoms with Gasteiger partial charge in [-0.15, -0.1) is 5.10 Å². The molecule has 0 aromatic heterocycles. The number of rotatable bonds is 3. The molecule has 2 rings (SSSR count). The molecule has 1 fully saturated rings. The fourth-order valence-electron chi connectivity index (χ4n) is 1.62. The third kappa shape index (κ3) is 4.09. The summed E-state index contributed by atoms with van der Waals surface area (Å²) in [7, 11) is -2.00. The fraction of sp³-hybridized carbons (Fsp3) is 0.182. The highest BCUT2D eigenvalue weighted by atomic mass is 32.2. The van der Waals surface area contributed by atoms with E-state index in [4.69, 9.17) is 10.0 Å². The molecule has 1 aliphatic rings. The Bertz CT molecular complexity index is 649. The molecule has 6 nitrogen and oxygen atoms in total. The van der Waals surface area contributed by atoms with Crippen LogP contribution in [0.3, 0.4) is 0 Å². The first-order chi connectivity index (χ1) is 10.3. The van der Waals surface area contributed by atoms with Crippen molar-refractivity contribution in [2.24, 2.45) is 10.2 Å². The van der Waals surface area contributed by atoms with Gasteiger partial charge in [-0.05, 0) is 11.5 Å². The van der Waals surface area contributed by atoms with Crippen LogP contribution in [0.15, 0.2) is 28.4 Å². The highest BCUT2D eigenvalue weighted by molar-refractivity contribution is 8.15. The lowest BCUT2D eigenvalue weighted by molar-refractivity contribution is -0.137. The van der Waals surface area contributed by atoms with E-state index in [1.807, 2.05) is 0 Å². The van der Waals surface area contributed by atoms with E-state index >= 15 is 0 Å². The summed E-state index contributed by atoms with van der Waals surface area (Å²) in [5, 5.41) is 27.6. The Hall–Kier alpha value is -1.85.